The molecule has 0 saturated heterocycles. The molecular weight excluding hydrogens is 234 g/mol. The average Bonchev–Trinajstić information content (AvgIpc) is 2.75. The van der Waals surface area contributed by atoms with Crippen molar-refractivity contribution in [2.45, 2.75) is 13.5 Å². The van der Waals surface area contributed by atoms with Crippen molar-refractivity contribution in [3.8, 4) is 0 Å². The van der Waals surface area contributed by atoms with Crippen molar-refractivity contribution in [1.29, 1.82) is 0 Å². The van der Waals surface area contributed by atoms with E-state index in [1.165, 1.54) is 22.9 Å². The van der Waals surface area contributed by atoms with E-state index in [1.54, 1.807) is 18.5 Å². The smallest absolute Gasteiger partial charge is 0.270 e. The fourth-order valence-corrected chi connectivity index (χ4v) is 1.58. The monoisotopic (exact) mass is 245 g/mol. The number of ketones is 1. The van der Waals surface area contributed by atoms with Crippen LogP contribution in [0, 0.1) is 17.0 Å². The number of nitrogens with zero attached hydrogens (tertiary/aromatic N) is 3. The Hall–Kier alpha value is -2.50. The van der Waals surface area contributed by atoms with Crippen molar-refractivity contribution in [1.82, 2.24) is 9.78 Å². The van der Waals surface area contributed by atoms with Gasteiger partial charge in [0.2, 0.25) is 0 Å². The SMILES string of the molecule is Cc1cnn(CC(=O)c2cccc([N+](=O)[O-])c2)c1. The van der Waals surface area contributed by atoms with Gasteiger partial charge in [-0.25, -0.2) is 0 Å². The molecule has 0 bridgehead atoms. The van der Waals surface area contributed by atoms with Gasteiger partial charge >= 0.3 is 0 Å². The van der Waals surface area contributed by atoms with Crippen molar-refractivity contribution in [3.05, 3.63) is 57.9 Å². The highest BCUT2D eigenvalue weighted by Crippen LogP contribution is 2.14. The fraction of sp³-hybridized carbons (Fsp3) is 0.167. The molecule has 0 atom stereocenters. The molecule has 0 fully saturated rings. The van der Waals surface area contributed by atoms with Gasteiger partial charge in [-0.2, -0.15) is 5.10 Å². The van der Waals surface area contributed by atoms with Crippen molar-refractivity contribution in [2.75, 3.05) is 0 Å². The van der Waals surface area contributed by atoms with Gasteiger partial charge in [0, 0.05) is 23.9 Å². The number of hydrogen-bond donors (Lipinski definition) is 0. The molecule has 0 spiro atoms. The molecule has 0 aliphatic carbocycles. The first-order valence-electron chi connectivity index (χ1n) is 5.33. The highest BCUT2D eigenvalue weighted by Gasteiger charge is 2.12. The van der Waals surface area contributed by atoms with E-state index in [1.807, 2.05) is 6.92 Å². The molecule has 0 aliphatic rings. The van der Waals surface area contributed by atoms with Crippen molar-refractivity contribution in [3.63, 3.8) is 0 Å². The number of carbonyl (C=O) groups is 1. The molecule has 6 heteroatoms. The molecule has 0 radical (unpaired) electrons. The Kier molecular flexibility index (Phi) is 3.18. The summed E-state index contributed by atoms with van der Waals surface area (Å²) in [4.78, 5) is 22.0. The summed E-state index contributed by atoms with van der Waals surface area (Å²) in [6.45, 7) is 1.95. The first-order valence-corrected chi connectivity index (χ1v) is 5.33. The van der Waals surface area contributed by atoms with Gasteiger partial charge < -0.3 is 0 Å². The first-order chi connectivity index (χ1) is 8.56. The Balaban J connectivity index is 2.18. The minimum Gasteiger partial charge on any atom is -0.292 e. The van der Waals surface area contributed by atoms with Gasteiger partial charge in [0.1, 0.15) is 6.54 Å². The van der Waals surface area contributed by atoms with Crippen LogP contribution in [0.1, 0.15) is 15.9 Å². The van der Waals surface area contributed by atoms with Crippen LogP contribution >= 0.6 is 0 Å². The molecule has 0 N–H and O–H groups in total. The molecule has 0 aliphatic heterocycles. The maximum atomic E-state index is 11.9. The average molecular weight is 245 g/mol. The van der Waals surface area contributed by atoms with Crippen LogP contribution in [0.15, 0.2) is 36.7 Å². The zero-order valence-electron chi connectivity index (χ0n) is 9.74. The van der Waals surface area contributed by atoms with Gasteiger partial charge in [0.25, 0.3) is 5.69 Å². The zero-order valence-corrected chi connectivity index (χ0v) is 9.74. The molecule has 0 amide bonds. The van der Waals surface area contributed by atoms with Gasteiger partial charge in [-0.15, -0.1) is 0 Å². The van der Waals surface area contributed by atoms with Gasteiger partial charge in [-0.1, -0.05) is 12.1 Å². The van der Waals surface area contributed by atoms with Crippen LogP contribution in [-0.4, -0.2) is 20.5 Å². The molecule has 18 heavy (non-hydrogen) atoms. The standard InChI is InChI=1S/C12H11N3O3/c1-9-6-13-14(7-9)8-12(16)10-3-2-4-11(5-10)15(17)18/h2-7H,8H2,1H3. The topological polar surface area (TPSA) is 78.0 Å². The molecular formula is C12H11N3O3. The fourth-order valence-electron chi connectivity index (χ4n) is 1.58. The minimum absolute atomic E-state index is 0.0784. The zero-order chi connectivity index (χ0) is 13.1. The second kappa shape index (κ2) is 4.79. The second-order valence-corrected chi connectivity index (χ2v) is 3.95. The Labute approximate surface area is 103 Å². The summed E-state index contributed by atoms with van der Waals surface area (Å²) in [7, 11) is 0. The van der Waals surface area contributed by atoms with E-state index in [9.17, 15) is 14.9 Å². The van der Waals surface area contributed by atoms with E-state index in [-0.39, 0.29) is 18.0 Å². The lowest BCUT2D eigenvalue weighted by atomic mass is 10.1. The lowest BCUT2D eigenvalue weighted by Gasteiger charge is -2.01. The van der Waals surface area contributed by atoms with Crippen LogP contribution in [0.2, 0.25) is 0 Å². The largest absolute Gasteiger partial charge is 0.292 e. The number of carbonyl (C=O) groups excluding carboxylic acids is 1. The summed E-state index contributed by atoms with van der Waals surface area (Å²) in [5.74, 6) is -0.207. The maximum Gasteiger partial charge on any atom is 0.270 e. The molecule has 1 aromatic carbocycles. The maximum absolute atomic E-state index is 11.9. The number of rotatable bonds is 4. The number of nitro groups is 1. The summed E-state index contributed by atoms with van der Waals surface area (Å²) in [6.07, 6.45) is 3.40. The summed E-state index contributed by atoms with van der Waals surface area (Å²) in [5, 5.41) is 14.6. The number of benzene rings is 1. The van der Waals surface area contributed by atoms with Crippen molar-refractivity contribution < 1.29 is 9.72 Å². The predicted molar refractivity (Wildman–Crippen MR) is 64.4 cm³/mol. The van der Waals surface area contributed by atoms with Crippen LogP contribution in [0.4, 0.5) is 5.69 Å². The van der Waals surface area contributed by atoms with E-state index in [0.29, 0.717) is 5.56 Å². The molecule has 2 aromatic rings. The van der Waals surface area contributed by atoms with Gasteiger partial charge in [-0.05, 0) is 12.5 Å². The normalized spacial score (nSPS) is 10.3. The van der Waals surface area contributed by atoms with E-state index in [0.717, 1.165) is 5.56 Å². The number of aryl methyl sites for hydroxylation is 1. The van der Waals surface area contributed by atoms with Crippen molar-refractivity contribution in [2.24, 2.45) is 0 Å². The van der Waals surface area contributed by atoms with Gasteiger partial charge in [0.05, 0.1) is 11.1 Å². The van der Waals surface area contributed by atoms with Crippen LogP contribution in [-0.2, 0) is 6.54 Å². The third-order valence-electron chi connectivity index (χ3n) is 2.45. The van der Waals surface area contributed by atoms with E-state index in [2.05, 4.69) is 5.10 Å². The Bertz CT molecular complexity index is 604. The van der Waals surface area contributed by atoms with E-state index >= 15 is 0 Å². The molecule has 1 aromatic heterocycles. The number of Topliss-reactive ketones (excluding diaryl/α,β-unsaturated/α-hetero) is 1. The van der Waals surface area contributed by atoms with Gasteiger partial charge in [-0.3, -0.25) is 19.6 Å². The number of hydrogen-bond acceptors (Lipinski definition) is 4. The van der Waals surface area contributed by atoms with Crippen LogP contribution in [0.5, 0.6) is 0 Å². The number of non-ortho nitro benzene ring substituents is 1. The lowest BCUT2D eigenvalue weighted by Crippen LogP contribution is -2.11. The molecule has 6 nitrogen and oxygen atoms in total. The first kappa shape index (κ1) is 12.0. The molecule has 0 saturated carbocycles. The van der Waals surface area contributed by atoms with Gasteiger partial charge in [0.15, 0.2) is 5.78 Å². The third-order valence-corrected chi connectivity index (χ3v) is 2.45. The summed E-state index contributed by atoms with van der Waals surface area (Å²) >= 11 is 0. The molecule has 0 unspecified atom stereocenters. The quantitative estimate of drug-likeness (QED) is 0.468. The molecule has 2 rings (SSSR count). The minimum atomic E-state index is -0.519. The number of aromatic nitrogens is 2. The second-order valence-electron chi connectivity index (χ2n) is 3.95. The Morgan fingerprint density at radius 2 is 2.28 bits per heavy atom. The van der Waals surface area contributed by atoms with E-state index in [4.69, 9.17) is 0 Å². The van der Waals surface area contributed by atoms with E-state index < -0.39 is 4.92 Å². The molecule has 1 heterocycles. The Morgan fingerprint density at radius 1 is 1.50 bits per heavy atom. The Morgan fingerprint density at radius 3 is 2.89 bits per heavy atom. The summed E-state index contributed by atoms with van der Waals surface area (Å²) < 4.78 is 1.51. The van der Waals surface area contributed by atoms with Crippen molar-refractivity contribution >= 4 is 11.5 Å². The highest BCUT2D eigenvalue weighted by molar-refractivity contribution is 5.96. The molecule has 92 valence electrons. The highest BCUT2D eigenvalue weighted by atomic mass is 16.6. The van der Waals surface area contributed by atoms with Crippen LogP contribution in [0.3, 0.4) is 0 Å². The third kappa shape index (κ3) is 2.60. The predicted octanol–water partition coefficient (Wildman–Crippen LogP) is 1.98. The lowest BCUT2D eigenvalue weighted by molar-refractivity contribution is -0.384. The van der Waals surface area contributed by atoms with Crippen LogP contribution < -0.4 is 0 Å². The van der Waals surface area contributed by atoms with Crippen LogP contribution in [0.25, 0.3) is 0 Å². The number of nitro benzene ring substituents is 1. The summed E-state index contributed by atoms with van der Waals surface area (Å²) in [6, 6.07) is 5.69. The summed E-state index contributed by atoms with van der Waals surface area (Å²) in [5.41, 5.74) is 1.19.